The highest BCUT2D eigenvalue weighted by molar-refractivity contribution is 7.98. The Morgan fingerprint density at radius 2 is 1.76 bits per heavy atom. The van der Waals surface area contributed by atoms with Crippen molar-refractivity contribution in [3.05, 3.63) is 88.9 Å². The molecule has 9 heteroatoms. The lowest BCUT2D eigenvalue weighted by atomic mass is 10.2. The fourth-order valence-electron chi connectivity index (χ4n) is 3.27. The SMILES string of the molecule is COc1ccc(S(=O)(=O)N(CC(=O)NCCSCc2ccc(Cl)cc2)c2ccccc2)cc1C. The summed E-state index contributed by atoms with van der Waals surface area (Å²) in [5.74, 6) is 1.72. The molecule has 0 aliphatic carbocycles. The zero-order valence-electron chi connectivity index (χ0n) is 19.0. The van der Waals surface area contributed by atoms with E-state index in [0.717, 1.165) is 15.6 Å². The van der Waals surface area contributed by atoms with Crippen LogP contribution in [0.25, 0.3) is 0 Å². The van der Waals surface area contributed by atoms with Gasteiger partial charge in [-0.3, -0.25) is 9.10 Å². The maximum absolute atomic E-state index is 13.5. The van der Waals surface area contributed by atoms with E-state index < -0.39 is 10.0 Å². The lowest BCUT2D eigenvalue weighted by Gasteiger charge is -2.24. The third kappa shape index (κ3) is 6.91. The van der Waals surface area contributed by atoms with Crippen LogP contribution >= 0.6 is 23.4 Å². The maximum atomic E-state index is 13.5. The third-order valence-corrected chi connectivity index (χ3v) is 8.09. The summed E-state index contributed by atoms with van der Waals surface area (Å²) >= 11 is 7.58. The van der Waals surface area contributed by atoms with Crippen LogP contribution in [-0.2, 0) is 20.6 Å². The van der Waals surface area contributed by atoms with Crippen molar-refractivity contribution in [3.63, 3.8) is 0 Å². The number of thioether (sulfide) groups is 1. The van der Waals surface area contributed by atoms with Gasteiger partial charge < -0.3 is 10.1 Å². The number of halogens is 1. The summed E-state index contributed by atoms with van der Waals surface area (Å²) in [7, 11) is -2.44. The molecule has 0 aliphatic rings. The summed E-state index contributed by atoms with van der Waals surface area (Å²) in [5, 5.41) is 3.52. The average Bonchev–Trinajstić information content (AvgIpc) is 2.84. The number of aryl methyl sites for hydroxylation is 1. The topological polar surface area (TPSA) is 75.7 Å². The van der Waals surface area contributed by atoms with Gasteiger partial charge in [-0.1, -0.05) is 41.9 Å². The number of benzene rings is 3. The van der Waals surface area contributed by atoms with E-state index in [1.165, 1.54) is 13.2 Å². The van der Waals surface area contributed by atoms with Crippen molar-refractivity contribution in [1.82, 2.24) is 5.32 Å². The summed E-state index contributed by atoms with van der Waals surface area (Å²) in [6.07, 6.45) is 0. The predicted molar refractivity (Wildman–Crippen MR) is 139 cm³/mol. The molecule has 6 nitrogen and oxygen atoms in total. The standard InChI is InChI=1S/C25H27ClN2O4S2/c1-19-16-23(12-13-24(19)32-2)34(30,31)28(22-6-4-3-5-7-22)17-25(29)27-14-15-33-18-20-8-10-21(26)11-9-20/h3-13,16H,14-15,17-18H2,1-2H3,(H,27,29). The van der Waals surface area contributed by atoms with Crippen molar-refractivity contribution in [2.75, 3.05) is 30.3 Å². The normalized spacial score (nSPS) is 11.1. The third-order valence-electron chi connectivity index (χ3n) is 5.04. The van der Waals surface area contributed by atoms with E-state index in [1.54, 1.807) is 61.2 Å². The van der Waals surface area contributed by atoms with Crippen LogP contribution in [0.4, 0.5) is 5.69 Å². The van der Waals surface area contributed by atoms with E-state index in [-0.39, 0.29) is 17.3 Å². The second-order valence-electron chi connectivity index (χ2n) is 7.51. The quantitative estimate of drug-likeness (QED) is 0.365. The van der Waals surface area contributed by atoms with Gasteiger partial charge >= 0.3 is 0 Å². The average molecular weight is 519 g/mol. The molecular formula is C25H27ClN2O4S2. The molecule has 3 aromatic rings. The number of hydrogen-bond donors (Lipinski definition) is 1. The number of hydrogen-bond acceptors (Lipinski definition) is 5. The van der Waals surface area contributed by atoms with E-state index in [4.69, 9.17) is 16.3 Å². The number of nitrogens with one attached hydrogen (secondary N) is 1. The van der Waals surface area contributed by atoms with Crippen LogP contribution < -0.4 is 14.4 Å². The zero-order chi connectivity index (χ0) is 24.6. The molecule has 0 saturated heterocycles. The van der Waals surface area contributed by atoms with E-state index in [2.05, 4.69) is 5.32 Å². The van der Waals surface area contributed by atoms with E-state index in [1.807, 2.05) is 24.3 Å². The summed E-state index contributed by atoms with van der Waals surface area (Å²) in [6, 6.07) is 20.9. The van der Waals surface area contributed by atoms with Crippen LogP contribution in [0.2, 0.25) is 5.02 Å². The van der Waals surface area contributed by atoms with Gasteiger partial charge in [-0.15, -0.1) is 0 Å². The molecule has 0 bridgehead atoms. The largest absolute Gasteiger partial charge is 0.496 e. The van der Waals surface area contributed by atoms with Gasteiger partial charge in [0.05, 0.1) is 17.7 Å². The van der Waals surface area contributed by atoms with Crippen molar-refractivity contribution in [2.45, 2.75) is 17.6 Å². The molecule has 0 aromatic heterocycles. The first kappa shape index (κ1) is 25.9. The molecule has 0 heterocycles. The Morgan fingerprint density at radius 1 is 1.06 bits per heavy atom. The first-order valence-corrected chi connectivity index (χ1v) is 13.6. The first-order chi connectivity index (χ1) is 16.3. The lowest BCUT2D eigenvalue weighted by molar-refractivity contribution is -0.119. The number of methoxy groups -OCH3 is 1. The van der Waals surface area contributed by atoms with Gasteiger partial charge in [0.15, 0.2) is 0 Å². The van der Waals surface area contributed by atoms with Crippen molar-refractivity contribution < 1.29 is 17.9 Å². The Morgan fingerprint density at radius 3 is 2.41 bits per heavy atom. The van der Waals surface area contributed by atoms with Crippen molar-refractivity contribution >= 4 is 45.0 Å². The Balaban J connectivity index is 1.65. The molecule has 3 aromatic carbocycles. The highest BCUT2D eigenvalue weighted by atomic mass is 35.5. The van der Waals surface area contributed by atoms with Gasteiger partial charge in [0.2, 0.25) is 5.91 Å². The van der Waals surface area contributed by atoms with Crippen LogP contribution in [0.1, 0.15) is 11.1 Å². The summed E-state index contributed by atoms with van der Waals surface area (Å²) in [5.41, 5.74) is 2.26. The molecule has 0 spiro atoms. The van der Waals surface area contributed by atoms with Crippen LogP contribution in [0.3, 0.4) is 0 Å². The maximum Gasteiger partial charge on any atom is 0.264 e. The minimum atomic E-state index is -3.97. The second-order valence-corrected chi connectivity index (χ2v) is 10.9. The highest BCUT2D eigenvalue weighted by Crippen LogP contribution is 2.27. The first-order valence-electron chi connectivity index (χ1n) is 10.6. The molecule has 0 radical (unpaired) electrons. The van der Waals surface area contributed by atoms with Crippen LogP contribution in [0.5, 0.6) is 5.75 Å². The number of carbonyl (C=O) groups is 1. The molecule has 180 valence electrons. The molecule has 0 fully saturated rings. The van der Waals surface area contributed by atoms with E-state index in [9.17, 15) is 13.2 Å². The molecule has 34 heavy (non-hydrogen) atoms. The Labute approximate surface area is 210 Å². The van der Waals surface area contributed by atoms with E-state index >= 15 is 0 Å². The second kappa shape index (κ2) is 12.1. The van der Waals surface area contributed by atoms with Crippen LogP contribution in [-0.4, -0.2) is 40.3 Å². The highest BCUT2D eigenvalue weighted by Gasteiger charge is 2.27. The number of anilines is 1. The van der Waals surface area contributed by atoms with Crippen LogP contribution in [0, 0.1) is 6.92 Å². The number of ether oxygens (including phenoxy) is 1. The predicted octanol–water partition coefficient (Wildman–Crippen LogP) is 4.90. The number of para-hydroxylation sites is 1. The van der Waals surface area contributed by atoms with Crippen molar-refractivity contribution in [2.24, 2.45) is 0 Å². The number of carbonyl (C=O) groups excluding carboxylic acids is 1. The number of rotatable bonds is 11. The zero-order valence-corrected chi connectivity index (χ0v) is 21.4. The monoisotopic (exact) mass is 518 g/mol. The van der Waals surface area contributed by atoms with Gasteiger partial charge in [-0.05, 0) is 60.5 Å². The van der Waals surface area contributed by atoms with E-state index in [0.29, 0.717) is 34.3 Å². The molecule has 1 amide bonds. The molecule has 1 N–H and O–H groups in total. The smallest absolute Gasteiger partial charge is 0.264 e. The van der Waals surface area contributed by atoms with Gasteiger partial charge in [-0.25, -0.2) is 8.42 Å². The molecule has 3 rings (SSSR count). The number of amides is 1. The summed E-state index contributed by atoms with van der Waals surface area (Å²) < 4.78 is 33.3. The van der Waals surface area contributed by atoms with Gasteiger partial charge in [0.1, 0.15) is 12.3 Å². The number of nitrogens with zero attached hydrogens (tertiary/aromatic N) is 1. The molecule has 0 unspecified atom stereocenters. The van der Waals surface area contributed by atoms with Gasteiger partial charge in [0, 0.05) is 23.1 Å². The molecule has 0 atom stereocenters. The molecule has 0 aliphatic heterocycles. The minimum absolute atomic E-state index is 0.0981. The Kier molecular flexibility index (Phi) is 9.27. The van der Waals surface area contributed by atoms with Crippen molar-refractivity contribution in [1.29, 1.82) is 0 Å². The minimum Gasteiger partial charge on any atom is -0.496 e. The van der Waals surface area contributed by atoms with Crippen molar-refractivity contribution in [3.8, 4) is 5.75 Å². The molecular weight excluding hydrogens is 492 g/mol. The summed E-state index contributed by atoms with van der Waals surface area (Å²) in [6.45, 7) is 1.89. The Bertz CT molecular complexity index is 1200. The molecule has 0 saturated carbocycles. The van der Waals surface area contributed by atoms with Gasteiger partial charge in [-0.2, -0.15) is 11.8 Å². The number of sulfonamides is 1. The lowest BCUT2D eigenvalue weighted by Crippen LogP contribution is -2.41. The van der Waals surface area contributed by atoms with Crippen LogP contribution in [0.15, 0.2) is 77.7 Å². The summed E-state index contributed by atoms with van der Waals surface area (Å²) in [4.78, 5) is 12.8. The fourth-order valence-corrected chi connectivity index (χ4v) is 5.72. The Hall–Kier alpha value is -2.68. The fraction of sp³-hybridized carbons (Fsp3) is 0.240. The van der Waals surface area contributed by atoms with Gasteiger partial charge in [0.25, 0.3) is 10.0 Å².